The number of ketones is 1. The van der Waals surface area contributed by atoms with E-state index in [0.717, 1.165) is 0 Å². The van der Waals surface area contributed by atoms with Crippen LogP contribution in [0.2, 0.25) is 0 Å². The van der Waals surface area contributed by atoms with E-state index in [1.807, 2.05) is 6.92 Å². The van der Waals surface area contributed by atoms with Crippen LogP contribution in [0, 0.1) is 0 Å². The van der Waals surface area contributed by atoms with E-state index in [2.05, 4.69) is 0 Å². The van der Waals surface area contributed by atoms with Crippen molar-refractivity contribution < 1.29 is 19.4 Å². The Balaban J connectivity index is 3.06. The van der Waals surface area contributed by atoms with Gasteiger partial charge >= 0.3 is 5.63 Å². The van der Waals surface area contributed by atoms with Gasteiger partial charge in [-0.05, 0) is 12.8 Å². The van der Waals surface area contributed by atoms with Gasteiger partial charge in [0.15, 0.2) is 5.78 Å². The molecule has 18 heavy (non-hydrogen) atoms. The fourth-order valence-electron chi connectivity index (χ4n) is 1.72. The first-order chi connectivity index (χ1) is 8.51. The van der Waals surface area contributed by atoms with Crippen molar-refractivity contribution in [3.63, 3.8) is 0 Å². The molecule has 0 spiro atoms. The van der Waals surface area contributed by atoms with E-state index in [-0.39, 0.29) is 30.3 Å². The van der Waals surface area contributed by atoms with Crippen LogP contribution in [0.25, 0.3) is 0 Å². The Morgan fingerprint density at radius 2 is 2.17 bits per heavy atom. The van der Waals surface area contributed by atoms with Crippen LogP contribution < -0.4 is 5.63 Å². The molecule has 0 fully saturated rings. The lowest BCUT2D eigenvalue weighted by Crippen LogP contribution is -2.15. The molecule has 1 aromatic heterocycles. The second kappa shape index (κ2) is 6.35. The van der Waals surface area contributed by atoms with Gasteiger partial charge in [-0.15, -0.1) is 0 Å². The molecular weight excluding hydrogens is 236 g/mol. The first-order valence-electron chi connectivity index (χ1n) is 6.02. The number of Topliss-reactive ketones (excluding diaryl/α,β-unsaturated/α-hetero) is 1. The van der Waals surface area contributed by atoms with Gasteiger partial charge in [-0.2, -0.15) is 0 Å². The van der Waals surface area contributed by atoms with E-state index in [0.29, 0.717) is 18.6 Å². The first-order valence-corrected chi connectivity index (χ1v) is 6.02. The number of hydrogen-bond donors (Lipinski definition) is 2. The minimum Gasteiger partial charge on any atom is -0.507 e. The van der Waals surface area contributed by atoms with Crippen molar-refractivity contribution in [3.8, 4) is 5.75 Å². The molecule has 5 nitrogen and oxygen atoms in total. The van der Waals surface area contributed by atoms with Crippen LogP contribution in [0.1, 0.15) is 55.1 Å². The molecule has 1 atom stereocenters. The molecule has 0 radical (unpaired) electrons. The van der Waals surface area contributed by atoms with Crippen LogP contribution >= 0.6 is 0 Å². The summed E-state index contributed by atoms with van der Waals surface area (Å²) in [5.74, 6) is -0.528. The van der Waals surface area contributed by atoms with Crippen molar-refractivity contribution in [1.82, 2.24) is 0 Å². The molecule has 0 bridgehead atoms. The topological polar surface area (TPSA) is 87.7 Å². The maximum atomic E-state index is 11.6. The highest BCUT2D eigenvalue weighted by atomic mass is 16.4. The largest absolute Gasteiger partial charge is 0.507 e. The van der Waals surface area contributed by atoms with Crippen LogP contribution in [0.3, 0.4) is 0 Å². The quantitative estimate of drug-likeness (QED) is 0.756. The zero-order valence-corrected chi connectivity index (χ0v) is 10.6. The van der Waals surface area contributed by atoms with Gasteiger partial charge in [-0.3, -0.25) is 4.79 Å². The second-order valence-corrected chi connectivity index (χ2v) is 4.24. The maximum Gasteiger partial charge on any atom is 0.350 e. The summed E-state index contributed by atoms with van der Waals surface area (Å²) in [4.78, 5) is 23.1. The van der Waals surface area contributed by atoms with Crippen LogP contribution in [0.5, 0.6) is 5.75 Å². The summed E-state index contributed by atoms with van der Waals surface area (Å²) in [7, 11) is 0. The van der Waals surface area contributed by atoms with E-state index < -0.39 is 11.4 Å². The van der Waals surface area contributed by atoms with Crippen molar-refractivity contribution in [3.05, 3.63) is 27.8 Å². The monoisotopic (exact) mass is 254 g/mol. The molecule has 0 saturated carbocycles. The summed E-state index contributed by atoms with van der Waals surface area (Å²) >= 11 is 0. The zero-order chi connectivity index (χ0) is 13.7. The molecule has 100 valence electrons. The Morgan fingerprint density at radius 1 is 1.50 bits per heavy atom. The fraction of sp³-hybridized carbons (Fsp3) is 0.538. The maximum absolute atomic E-state index is 11.6. The van der Waals surface area contributed by atoms with E-state index in [9.17, 15) is 14.7 Å². The van der Waals surface area contributed by atoms with Crippen molar-refractivity contribution in [1.29, 1.82) is 0 Å². The van der Waals surface area contributed by atoms with E-state index in [1.165, 1.54) is 6.07 Å². The lowest BCUT2D eigenvalue weighted by molar-refractivity contribution is 0.0980. The van der Waals surface area contributed by atoms with Gasteiger partial charge in [-0.1, -0.05) is 13.8 Å². The third-order valence-electron chi connectivity index (χ3n) is 2.83. The summed E-state index contributed by atoms with van der Waals surface area (Å²) in [6, 6.07) is 1.31. The number of carbonyl (C=O) groups excluding carboxylic acids is 1. The standard InChI is InChI=1S/C13H18O5/c1-3-9(15)12-10(16)7-11(18-13(12)17)8(2)5-4-6-14/h7-8,14,16H,3-6H2,1-2H3/t8-/m1/s1. The highest BCUT2D eigenvalue weighted by Crippen LogP contribution is 2.24. The molecular formula is C13H18O5. The molecule has 1 heterocycles. The Morgan fingerprint density at radius 3 is 2.67 bits per heavy atom. The Hall–Kier alpha value is -1.62. The van der Waals surface area contributed by atoms with Crippen molar-refractivity contribution >= 4 is 5.78 Å². The predicted octanol–water partition coefficient (Wildman–Crippen LogP) is 1.81. The number of carbonyl (C=O) groups is 1. The van der Waals surface area contributed by atoms with Gasteiger partial charge in [0.05, 0.1) is 0 Å². The molecule has 0 aliphatic carbocycles. The highest BCUT2D eigenvalue weighted by Gasteiger charge is 2.19. The smallest absolute Gasteiger partial charge is 0.350 e. The molecule has 0 aliphatic heterocycles. The Labute approximate surface area is 105 Å². The van der Waals surface area contributed by atoms with Gasteiger partial charge in [0.25, 0.3) is 0 Å². The zero-order valence-electron chi connectivity index (χ0n) is 10.6. The van der Waals surface area contributed by atoms with Crippen LogP contribution in [-0.4, -0.2) is 22.6 Å². The number of aliphatic hydroxyl groups excluding tert-OH is 1. The molecule has 5 heteroatoms. The summed E-state index contributed by atoms with van der Waals surface area (Å²) < 4.78 is 5.05. The van der Waals surface area contributed by atoms with Crippen LogP contribution in [-0.2, 0) is 0 Å². The van der Waals surface area contributed by atoms with E-state index >= 15 is 0 Å². The minimum atomic E-state index is -0.798. The van der Waals surface area contributed by atoms with Gasteiger partial charge in [0.2, 0.25) is 0 Å². The minimum absolute atomic E-state index is 0.0625. The average Bonchev–Trinajstić information content (AvgIpc) is 2.34. The molecule has 0 unspecified atom stereocenters. The third-order valence-corrected chi connectivity index (χ3v) is 2.83. The Kier molecular flexibility index (Phi) is 5.09. The molecule has 1 rings (SSSR count). The normalized spacial score (nSPS) is 12.4. The molecule has 0 amide bonds. The molecule has 0 aliphatic rings. The van der Waals surface area contributed by atoms with Crippen molar-refractivity contribution in [2.24, 2.45) is 0 Å². The number of aliphatic hydroxyl groups is 1. The Bertz CT molecular complexity index is 475. The van der Waals surface area contributed by atoms with Gasteiger partial charge in [-0.25, -0.2) is 4.79 Å². The van der Waals surface area contributed by atoms with Crippen LogP contribution in [0.15, 0.2) is 15.3 Å². The second-order valence-electron chi connectivity index (χ2n) is 4.24. The fourth-order valence-corrected chi connectivity index (χ4v) is 1.72. The average molecular weight is 254 g/mol. The molecule has 2 N–H and O–H groups in total. The number of aromatic hydroxyl groups is 1. The summed E-state index contributed by atoms with van der Waals surface area (Å²) in [5, 5.41) is 18.5. The lowest BCUT2D eigenvalue weighted by atomic mass is 10.0. The van der Waals surface area contributed by atoms with Gasteiger partial charge in [0.1, 0.15) is 17.1 Å². The van der Waals surface area contributed by atoms with Crippen molar-refractivity contribution in [2.75, 3.05) is 6.61 Å². The van der Waals surface area contributed by atoms with Gasteiger partial charge in [0, 0.05) is 25.0 Å². The molecule has 0 saturated heterocycles. The SMILES string of the molecule is CCC(=O)c1c(O)cc([C@H](C)CCCO)oc1=O. The van der Waals surface area contributed by atoms with Gasteiger partial charge < -0.3 is 14.6 Å². The highest BCUT2D eigenvalue weighted by molar-refractivity contribution is 5.97. The molecule has 1 aromatic rings. The first kappa shape index (κ1) is 14.4. The number of hydrogen-bond acceptors (Lipinski definition) is 5. The van der Waals surface area contributed by atoms with Crippen molar-refractivity contribution in [2.45, 2.75) is 39.0 Å². The lowest BCUT2D eigenvalue weighted by Gasteiger charge is -2.10. The van der Waals surface area contributed by atoms with Crippen LogP contribution in [0.4, 0.5) is 0 Å². The number of rotatable bonds is 6. The van der Waals surface area contributed by atoms with E-state index in [1.54, 1.807) is 6.92 Å². The van der Waals surface area contributed by atoms with E-state index in [4.69, 9.17) is 9.52 Å². The summed E-state index contributed by atoms with van der Waals surface area (Å²) in [5.41, 5.74) is -1.08. The predicted molar refractivity (Wildman–Crippen MR) is 66.0 cm³/mol. The summed E-state index contributed by atoms with van der Waals surface area (Å²) in [6.45, 7) is 3.50. The molecule has 0 aromatic carbocycles. The summed E-state index contributed by atoms with van der Waals surface area (Å²) in [6.07, 6.45) is 1.36. The third kappa shape index (κ3) is 3.20.